The molecule has 10 aromatic rings. The number of non-ortho nitro benzene ring substituents is 1. The van der Waals surface area contributed by atoms with Gasteiger partial charge in [0.2, 0.25) is 0 Å². The number of nitro benzene ring substituents is 1. The number of ether oxygens (including phenoxy) is 2. The number of aromatic hydroxyl groups is 1. The molecule has 0 bridgehead atoms. The number of rotatable bonds is 25. The third-order valence-electron chi connectivity index (χ3n) is 16.9. The lowest BCUT2D eigenvalue weighted by Gasteiger charge is -2.10. The zero-order chi connectivity index (χ0) is 80.6. The number of halogens is 4. The Morgan fingerprint density at radius 3 is 1.20 bits per heavy atom. The zero-order valence-corrected chi connectivity index (χ0v) is 64.4. The minimum absolute atomic E-state index is 0.0263. The highest BCUT2D eigenvalue weighted by molar-refractivity contribution is 6.00. The van der Waals surface area contributed by atoms with Crippen LogP contribution in [-0.4, -0.2) is 71.1 Å². The van der Waals surface area contributed by atoms with Crippen LogP contribution in [0.1, 0.15) is 131 Å². The summed E-state index contributed by atoms with van der Waals surface area (Å²) in [6.45, 7) is 24.6. The second-order valence-electron chi connectivity index (χ2n) is 25.8. The molecular weight excluding hydrogens is 1440 g/mol. The molecule has 0 saturated carbocycles. The van der Waals surface area contributed by atoms with Crippen molar-refractivity contribution in [2.45, 2.75) is 116 Å². The van der Waals surface area contributed by atoms with Gasteiger partial charge in [0.15, 0.2) is 18.2 Å². The van der Waals surface area contributed by atoms with Crippen LogP contribution in [0.3, 0.4) is 0 Å². The first-order chi connectivity index (χ1) is 53.8. The lowest BCUT2D eigenvalue weighted by Crippen LogP contribution is -2.21. The van der Waals surface area contributed by atoms with E-state index in [0.717, 1.165) is 77.1 Å². The molecule has 1 N–H and O–H groups in total. The molecule has 0 atom stereocenters. The van der Waals surface area contributed by atoms with E-state index < -0.39 is 16.7 Å². The molecule has 0 amide bonds. The summed E-state index contributed by atoms with van der Waals surface area (Å²) in [5, 5.41) is 43.6. The van der Waals surface area contributed by atoms with Crippen molar-refractivity contribution in [1.29, 1.82) is 0 Å². The number of fused-ring (bicyclic) bond motifs is 2. The van der Waals surface area contributed by atoms with Gasteiger partial charge in [-0.1, -0.05) is 140 Å². The molecule has 2 aliphatic rings. The fraction of sp³-hybridized carbons (Fsp3) is 0.241. The average Bonchev–Trinajstić information content (AvgIpc) is 1.48. The maximum atomic E-state index is 13.5. The molecule has 112 heavy (non-hydrogen) atoms. The first kappa shape index (κ1) is 84.6. The van der Waals surface area contributed by atoms with Gasteiger partial charge in [-0.3, -0.25) is 30.1 Å². The summed E-state index contributed by atoms with van der Waals surface area (Å²) in [4.78, 5) is 65.3. The standard InChI is InChI=1S/C20H22N2O6.C17H16FN3O.2C17H18FNO.C16H14FN3O2/c1-4-26-20(23)13-27-19-11-17(8-5-14(19)2)15(3)21-28-12-16-6-9-18(10-7-16)22(24)25;1-11-7-14(4-5-15(11)18)12(2)21-22-9-13-3-6-16-17(8-13)20-10-19-16;2*1-12-5-4-6-15(9-12)11-20-19-14(3)16-8-7-13(2)17(18)10-16;1-10(12-3-5-16(21)13(17)7-12)20-22-8-11-2-4-14-15(6-11)19-9-18-14/h5-11H,4,12-13H2,1-3H3;3-8H,9-10H2,1-2H3;2*4-10H,11H2,1-3H3;2-7,21H,8-9H2,1H3/b21-15+;21-12+;2*19-14+;20-10+. The smallest absolute Gasteiger partial charge is 0.344 e. The van der Waals surface area contributed by atoms with Crippen LogP contribution in [0, 0.1) is 74.9 Å². The minimum Gasteiger partial charge on any atom is -0.505 e. The van der Waals surface area contributed by atoms with E-state index in [9.17, 15) is 32.5 Å². The zero-order valence-electron chi connectivity index (χ0n) is 64.4. The first-order valence-corrected chi connectivity index (χ1v) is 35.6. The highest BCUT2D eigenvalue weighted by atomic mass is 19.1. The van der Waals surface area contributed by atoms with Gasteiger partial charge < -0.3 is 38.8 Å². The maximum absolute atomic E-state index is 13.5. The summed E-state index contributed by atoms with van der Waals surface area (Å²) in [6.07, 6.45) is 0. The van der Waals surface area contributed by atoms with E-state index >= 15 is 0 Å². The predicted octanol–water partition coefficient (Wildman–Crippen LogP) is 16.5. The summed E-state index contributed by atoms with van der Waals surface area (Å²) >= 11 is 0. The number of phenolic OH excluding ortho intramolecular Hbond substituents is 1. The topological polar surface area (TPSA) is 256 Å². The number of benzene rings is 10. The Hall–Kier alpha value is -13.1. The normalized spacial score (nSPS) is 12.1. The molecule has 10 aromatic carbocycles. The number of esters is 1. The number of aryl methyl sites for hydroxylation is 6. The molecular formula is C87H88F4N10O11. The molecule has 0 radical (unpaired) electrons. The summed E-state index contributed by atoms with van der Waals surface area (Å²) in [6, 6.07) is 58.4. The van der Waals surface area contributed by atoms with Crippen molar-refractivity contribution in [3.63, 3.8) is 0 Å². The fourth-order valence-electron chi connectivity index (χ4n) is 10.4. The SMILES string of the molecule is C/C(=N\OCc1ccc2c(c1)=NCN=2)c1ccc(F)c(C)c1.C/C(=N\OCc1ccc2c(c1)=NCN=2)c1ccc(O)c(F)c1.C/C(=N\OCc1cccc(C)c1)c1ccc(C)c(F)c1.C/C(=N\OCc1cccc(C)c1)c1ccc(C)c(F)c1.CCOC(=O)COc1cc(/C(C)=N/OCc2ccc([N+](=O)[O-])cc2)ccc1C. The summed E-state index contributed by atoms with van der Waals surface area (Å²) in [5.41, 5.74) is 16.8. The Morgan fingerprint density at radius 2 is 0.786 bits per heavy atom. The molecule has 12 rings (SSSR count). The Morgan fingerprint density at radius 1 is 0.411 bits per heavy atom. The molecule has 2 aliphatic heterocycles. The molecule has 0 saturated heterocycles. The Kier molecular flexibility index (Phi) is 32.2. The van der Waals surface area contributed by atoms with Crippen molar-refractivity contribution >= 4 is 40.2 Å². The second-order valence-corrected chi connectivity index (χ2v) is 25.8. The molecule has 25 heteroatoms. The fourth-order valence-corrected chi connectivity index (χ4v) is 10.4. The van der Waals surface area contributed by atoms with Gasteiger partial charge in [-0.25, -0.2) is 22.4 Å². The first-order valence-electron chi connectivity index (χ1n) is 35.6. The quantitative estimate of drug-likeness (QED) is 0.0185. The van der Waals surface area contributed by atoms with Crippen LogP contribution < -0.4 is 26.2 Å². The lowest BCUT2D eigenvalue weighted by molar-refractivity contribution is -0.384. The monoisotopic (exact) mass is 1520 g/mol. The molecule has 0 aromatic heterocycles. The Labute approximate surface area is 647 Å². The van der Waals surface area contributed by atoms with Gasteiger partial charge in [-0.05, 0) is 224 Å². The number of nitro groups is 1. The van der Waals surface area contributed by atoms with Crippen molar-refractivity contribution in [2.24, 2.45) is 45.7 Å². The number of oxime groups is 5. The predicted molar refractivity (Wildman–Crippen MR) is 422 cm³/mol. The van der Waals surface area contributed by atoms with Gasteiger partial charge in [-0.2, -0.15) is 0 Å². The molecule has 2 heterocycles. The summed E-state index contributed by atoms with van der Waals surface area (Å²) < 4.78 is 63.9. The van der Waals surface area contributed by atoms with Gasteiger partial charge in [0, 0.05) is 34.4 Å². The van der Waals surface area contributed by atoms with E-state index in [1.54, 1.807) is 104 Å². The highest BCUT2D eigenvalue weighted by Gasteiger charge is 2.13. The molecule has 0 fully saturated rings. The van der Waals surface area contributed by atoms with Crippen LogP contribution >= 0.6 is 0 Å². The number of hydrogen-bond donors (Lipinski definition) is 1. The van der Waals surface area contributed by atoms with Crippen LogP contribution in [0.25, 0.3) is 0 Å². The van der Waals surface area contributed by atoms with Gasteiger partial charge in [0.05, 0.1) is 61.5 Å². The second kappa shape index (κ2) is 42.6. The number of phenols is 1. The maximum Gasteiger partial charge on any atom is 0.344 e. The molecule has 0 spiro atoms. The van der Waals surface area contributed by atoms with Crippen LogP contribution in [0.2, 0.25) is 0 Å². The van der Waals surface area contributed by atoms with Crippen LogP contribution in [0.15, 0.2) is 246 Å². The largest absolute Gasteiger partial charge is 0.505 e. The van der Waals surface area contributed by atoms with Crippen LogP contribution in [-0.2, 0) is 66.8 Å². The molecule has 0 unspecified atom stereocenters. The van der Waals surface area contributed by atoms with Gasteiger partial charge in [0.1, 0.15) is 69.6 Å². The molecule has 21 nitrogen and oxygen atoms in total. The van der Waals surface area contributed by atoms with Crippen molar-refractivity contribution in [3.8, 4) is 11.5 Å². The summed E-state index contributed by atoms with van der Waals surface area (Å²) in [5.74, 6) is -1.60. The van der Waals surface area contributed by atoms with Gasteiger partial charge in [-0.15, -0.1) is 0 Å². The van der Waals surface area contributed by atoms with Gasteiger partial charge >= 0.3 is 5.97 Å². The van der Waals surface area contributed by atoms with Gasteiger partial charge in [0.25, 0.3) is 5.69 Å². The highest BCUT2D eigenvalue weighted by Crippen LogP contribution is 2.23. The third kappa shape index (κ3) is 27.0. The summed E-state index contributed by atoms with van der Waals surface area (Å²) in [7, 11) is 0. The Bertz CT molecular complexity index is 5130. The lowest BCUT2D eigenvalue weighted by atomic mass is 10.1. The minimum atomic E-state index is -0.684. The molecule has 0 aliphatic carbocycles. The van der Waals surface area contributed by atoms with E-state index in [2.05, 4.69) is 57.9 Å². The van der Waals surface area contributed by atoms with Crippen molar-refractivity contribution in [1.82, 2.24) is 0 Å². The number of hydrogen-bond acceptors (Lipinski definition) is 20. The number of carbonyl (C=O) groups excluding carboxylic acids is 1. The van der Waals surface area contributed by atoms with Crippen LogP contribution in [0.5, 0.6) is 11.5 Å². The van der Waals surface area contributed by atoms with Crippen molar-refractivity contribution in [2.75, 3.05) is 26.6 Å². The third-order valence-corrected chi connectivity index (χ3v) is 16.9. The number of nitrogens with zero attached hydrogens (tertiary/aromatic N) is 10. The van der Waals surface area contributed by atoms with E-state index in [1.165, 1.54) is 53.6 Å². The van der Waals surface area contributed by atoms with E-state index in [4.69, 9.17) is 38.8 Å². The van der Waals surface area contributed by atoms with E-state index in [-0.39, 0.29) is 42.1 Å². The average molecular weight is 1530 g/mol. The van der Waals surface area contributed by atoms with Crippen molar-refractivity contribution < 1.29 is 66.0 Å². The molecule has 580 valence electrons. The van der Waals surface area contributed by atoms with E-state index in [1.807, 2.05) is 125 Å². The van der Waals surface area contributed by atoms with Crippen molar-refractivity contribution in [3.05, 3.63) is 344 Å². The van der Waals surface area contributed by atoms with E-state index in [0.29, 0.717) is 103 Å². The number of carbonyl (C=O) groups is 1. The van der Waals surface area contributed by atoms with Crippen LogP contribution in [0.4, 0.5) is 23.2 Å². The Balaban J connectivity index is 0.000000177.